The van der Waals surface area contributed by atoms with Crippen LogP contribution in [0.3, 0.4) is 0 Å². The van der Waals surface area contributed by atoms with E-state index in [0.717, 1.165) is 12.8 Å². The van der Waals surface area contributed by atoms with Crippen molar-refractivity contribution in [3.63, 3.8) is 0 Å². The van der Waals surface area contributed by atoms with Crippen LogP contribution >= 0.6 is 0 Å². The first-order chi connectivity index (χ1) is 7.48. The normalized spacial score (nSPS) is 21.6. The summed E-state index contributed by atoms with van der Waals surface area (Å²) >= 11 is 0. The molecule has 0 bridgehead atoms. The van der Waals surface area contributed by atoms with Crippen molar-refractivity contribution in [1.82, 2.24) is 0 Å². The molecule has 1 aliphatic rings. The predicted octanol–water partition coefficient (Wildman–Crippen LogP) is 1.22. The van der Waals surface area contributed by atoms with Crippen molar-refractivity contribution in [3.8, 4) is 0 Å². The summed E-state index contributed by atoms with van der Waals surface area (Å²) < 4.78 is 9.87. The second kappa shape index (κ2) is 5.15. The smallest absolute Gasteiger partial charge is 0.338 e. The number of carbonyl (C=O) groups excluding carboxylic acids is 1. The Bertz CT molecular complexity index is 247. The van der Waals surface area contributed by atoms with Gasteiger partial charge in [-0.1, -0.05) is 13.8 Å². The minimum absolute atomic E-state index is 0.162. The molecule has 1 rings (SSSR count). The Morgan fingerprint density at radius 2 is 2.00 bits per heavy atom. The van der Waals surface area contributed by atoms with Crippen molar-refractivity contribution in [3.05, 3.63) is 0 Å². The third-order valence-electron chi connectivity index (χ3n) is 3.50. The lowest BCUT2D eigenvalue weighted by atomic mass is 9.76. The van der Waals surface area contributed by atoms with Crippen molar-refractivity contribution < 1.29 is 19.4 Å². The van der Waals surface area contributed by atoms with E-state index < -0.39 is 11.6 Å². The van der Waals surface area contributed by atoms with E-state index in [-0.39, 0.29) is 11.8 Å². The molecule has 0 spiro atoms. The lowest BCUT2D eigenvalue weighted by molar-refractivity contribution is -0.180. The van der Waals surface area contributed by atoms with Crippen LogP contribution in [0.5, 0.6) is 0 Å². The van der Waals surface area contributed by atoms with Crippen LogP contribution in [0.1, 0.15) is 26.7 Å². The fourth-order valence-electron chi connectivity index (χ4n) is 2.28. The molecule has 0 radical (unpaired) electrons. The van der Waals surface area contributed by atoms with Gasteiger partial charge in [0.15, 0.2) is 5.60 Å². The zero-order chi connectivity index (χ0) is 12.3. The molecule has 1 N–H and O–H groups in total. The third kappa shape index (κ3) is 2.38. The molecule has 2 unspecified atom stereocenters. The molecule has 0 aromatic carbocycles. The Morgan fingerprint density at radius 1 is 1.44 bits per heavy atom. The highest BCUT2D eigenvalue weighted by Crippen LogP contribution is 2.45. The monoisotopic (exact) mass is 230 g/mol. The molecular formula is C12H22O4. The van der Waals surface area contributed by atoms with Crippen LogP contribution in [0.15, 0.2) is 0 Å². The van der Waals surface area contributed by atoms with Crippen LogP contribution in [0.2, 0.25) is 0 Å². The SMILES string of the molecule is COCC(C1CC1)C(O)(C(=O)OC)C(C)C. The third-order valence-corrected chi connectivity index (χ3v) is 3.50. The first kappa shape index (κ1) is 13.5. The molecule has 1 fully saturated rings. The van der Waals surface area contributed by atoms with Gasteiger partial charge >= 0.3 is 5.97 Å². The van der Waals surface area contributed by atoms with E-state index in [1.54, 1.807) is 7.11 Å². The zero-order valence-corrected chi connectivity index (χ0v) is 10.5. The van der Waals surface area contributed by atoms with E-state index in [2.05, 4.69) is 0 Å². The highest BCUT2D eigenvalue weighted by molar-refractivity contribution is 5.80. The number of hydrogen-bond acceptors (Lipinski definition) is 4. The van der Waals surface area contributed by atoms with Crippen molar-refractivity contribution in [2.45, 2.75) is 32.3 Å². The molecule has 0 aromatic rings. The minimum atomic E-state index is -1.42. The highest BCUT2D eigenvalue weighted by Gasteiger charge is 2.53. The number of aliphatic hydroxyl groups is 1. The molecule has 1 aliphatic carbocycles. The van der Waals surface area contributed by atoms with Crippen LogP contribution in [0, 0.1) is 17.8 Å². The first-order valence-electron chi connectivity index (χ1n) is 5.78. The number of esters is 1. The molecular weight excluding hydrogens is 208 g/mol. The molecule has 0 aliphatic heterocycles. The van der Waals surface area contributed by atoms with Gasteiger partial charge in [-0.2, -0.15) is 0 Å². The topological polar surface area (TPSA) is 55.8 Å². The fraction of sp³-hybridized carbons (Fsp3) is 0.917. The number of hydrogen-bond donors (Lipinski definition) is 1. The Hall–Kier alpha value is -0.610. The number of carbonyl (C=O) groups is 1. The average Bonchev–Trinajstić information content (AvgIpc) is 3.07. The highest BCUT2D eigenvalue weighted by atomic mass is 16.5. The van der Waals surface area contributed by atoms with Gasteiger partial charge in [0.05, 0.1) is 13.7 Å². The molecule has 0 saturated heterocycles. The molecule has 0 aromatic heterocycles. The maximum Gasteiger partial charge on any atom is 0.338 e. The Morgan fingerprint density at radius 3 is 2.31 bits per heavy atom. The van der Waals surface area contributed by atoms with Gasteiger partial charge < -0.3 is 14.6 Å². The summed E-state index contributed by atoms with van der Waals surface area (Å²) in [6.07, 6.45) is 2.11. The maximum absolute atomic E-state index is 11.8. The van der Waals surface area contributed by atoms with Gasteiger partial charge in [0.1, 0.15) is 0 Å². The van der Waals surface area contributed by atoms with Gasteiger partial charge in [-0.25, -0.2) is 4.79 Å². The summed E-state index contributed by atoms with van der Waals surface area (Å²) in [7, 11) is 2.90. The number of methoxy groups -OCH3 is 2. The van der Waals surface area contributed by atoms with Crippen molar-refractivity contribution in [2.24, 2.45) is 17.8 Å². The Kier molecular flexibility index (Phi) is 4.33. The molecule has 16 heavy (non-hydrogen) atoms. The zero-order valence-electron chi connectivity index (χ0n) is 10.5. The summed E-state index contributed by atoms with van der Waals surface area (Å²) in [6, 6.07) is 0. The van der Waals surface area contributed by atoms with Gasteiger partial charge in [-0.3, -0.25) is 0 Å². The lowest BCUT2D eigenvalue weighted by Crippen LogP contribution is -2.53. The summed E-state index contributed by atoms with van der Waals surface area (Å²) in [5.41, 5.74) is -1.42. The van der Waals surface area contributed by atoms with Crippen LogP contribution in [-0.4, -0.2) is 37.5 Å². The van der Waals surface area contributed by atoms with Gasteiger partial charge in [0, 0.05) is 13.0 Å². The van der Waals surface area contributed by atoms with E-state index in [1.807, 2.05) is 13.8 Å². The molecule has 94 valence electrons. The summed E-state index contributed by atoms with van der Waals surface area (Å²) in [4.78, 5) is 11.8. The second-order valence-electron chi connectivity index (χ2n) is 4.87. The van der Waals surface area contributed by atoms with Crippen LogP contribution in [-0.2, 0) is 14.3 Å². The van der Waals surface area contributed by atoms with Crippen molar-refractivity contribution >= 4 is 5.97 Å². The van der Waals surface area contributed by atoms with Crippen LogP contribution in [0.25, 0.3) is 0 Å². The molecule has 2 atom stereocenters. The minimum Gasteiger partial charge on any atom is -0.467 e. The number of rotatable bonds is 6. The van der Waals surface area contributed by atoms with Gasteiger partial charge in [-0.05, 0) is 24.7 Å². The molecule has 0 heterocycles. The average molecular weight is 230 g/mol. The van der Waals surface area contributed by atoms with Crippen LogP contribution in [0.4, 0.5) is 0 Å². The molecule has 4 nitrogen and oxygen atoms in total. The molecule has 4 heteroatoms. The van der Waals surface area contributed by atoms with Crippen LogP contribution < -0.4 is 0 Å². The maximum atomic E-state index is 11.8. The Labute approximate surface area is 96.9 Å². The summed E-state index contributed by atoms with van der Waals surface area (Å²) in [5, 5.41) is 10.6. The van der Waals surface area contributed by atoms with E-state index in [0.29, 0.717) is 12.5 Å². The summed E-state index contributed by atoms with van der Waals surface area (Å²) in [5.74, 6) is -0.506. The largest absolute Gasteiger partial charge is 0.467 e. The van der Waals surface area contributed by atoms with Crippen molar-refractivity contribution in [1.29, 1.82) is 0 Å². The molecule has 1 saturated carbocycles. The van der Waals surface area contributed by atoms with E-state index in [9.17, 15) is 9.90 Å². The second-order valence-corrected chi connectivity index (χ2v) is 4.87. The van der Waals surface area contributed by atoms with Gasteiger partial charge in [0.25, 0.3) is 0 Å². The number of ether oxygens (including phenoxy) is 2. The molecule has 0 amide bonds. The van der Waals surface area contributed by atoms with E-state index in [4.69, 9.17) is 9.47 Å². The Balaban J connectivity index is 2.92. The quantitative estimate of drug-likeness (QED) is 0.697. The van der Waals surface area contributed by atoms with E-state index in [1.165, 1.54) is 7.11 Å². The first-order valence-corrected chi connectivity index (χ1v) is 5.78. The van der Waals surface area contributed by atoms with Crippen molar-refractivity contribution in [2.75, 3.05) is 20.8 Å². The fourth-order valence-corrected chi connectivity index (χ4v) is 2.28. The van der Waals surface area contributed by atoms with Gasteiger partial charge in [-0.15, -0.1) is 0 Å². The predicted molar refractivity (Wildman–Crippen MR) is 59.9 cm³/mol. The van der Waals surface area contributed by atoms with Gasteiger partial charge in [0.2, 0.25) is 0 Å². The summed E-state index contributed by atoms with van der Waals surface area (Å²) in [6.45, 7) is 4.07. The van der Waals surface area contributed by atoms with E-state index >= 15 is 0 Å². The standard InChI is InChI=1S/C12H22O4/c1-8(2)12(14,11(13)16-4)10(7-15-3)9-5-6-9/h8-10,14H,5-7H2,1-4H3. The lowest BCUT2D eigenvalue weighted by Gasteiger charge is -2.36.